The van der Waals surface area contributed by atoms with Gasteiger partial charge in [0.25, 0.3) is 0 Å². The molecule has 0 unspecified atom stereocenters. The molecule has 0 atom stereocenters. The fourth-order valence-corrected chi connectivity index (χ4v) is 1.09. The Morgan fingerprint density at radius 2 is 1.94 bits per heavy atom. The summed E-state index contributed by atoms with van der Waals surface area (Å²) in [6, 6.07) is 6.04. The number of methoxy groups -OCH3 is 1. The fraction of sp³-hybridized carbons (Fsp3) is 0.364. The predicted molar refractivity (Wildman–Crippen MR) is 60.8 cm³/mol. The van der Waals surface area contributed by atoms with Crippen LogP contribution in [0.25, 0.3) is 0 Å². The van der Waals surface area contributed by atoms with E-state index >= 15 is 0 Å². The van der Waals surface area contributed by atoms with Crippen LogP contribution >= 0.6 is 0 Å². The van der Waals surface area contributed by atoms with Crippen molar-refractivity contribution in [2.75, 3.05) is 12.4 Å². The Morgan fingerprint density at radius 1 is 1.38 bits per heavy atom. The molecule has 0 saturated heterocycles. The van der Waals surface area contributed by atoms with Crippen molar-refractivity contribution in [2.45, 2.75) is 19.9 Å². The molecule has 16 heavy (non-hydrogen) atoms. The summed E-state index contributed by atoms with van der Waals surface area (Å²) in [5, 5.41) is 12.6. The van der Waals surface area contributed by atoms with Gasteiger partial charge in [0.05, 0.1) is 13.2 Å². The van der Waals surface area contributed by atoms with Crippen molar-refractivity contribution in [3.05, 3.63) is 24.3 Å². The molecule has 88 valence electrons. The van der Waals surface area contributed by atoms with Crippen molar-refractivity contribution in [1.29, 1.82) is 0 Å². The largest absolute Gasteiger partial charge is 0.497 e. The Hall–Kier alpha value is -1.75. The van der Waals surface area contributed by atoms with Crippen molar-refractivity contribution >= 4 is 11.7 Å². The van der Waals surface area contributed by atoms with Gasteiger partial charge in [-0.05, 0) is 38.1 Å². The summed E-state index contributed by atoms with van der Waals surface area (Å²) >= 11 is 0. The lowest BCUT2D eigenvalue weighted by atomic mass is 10.3. The molecule has 2 amide bonds. The summed E-state index contributed by atoms with van der Waals surface area (Å²) in [5.74, 6) is 0.711. The number of nitrogens with one attached hydrogen (secondary N) is 1. The van der Waals surface area contributed by atoms with Gasteiger partial charge >= 0.3 is 6.03 Å². The zero-order chi connectivity index (χ0) is 12.1. The maximum atomic E-state index is 11.4. The van der Waals surface area contributed by atoms with Crippen LogP contribution in [0.15, 0.2) is 24.3 Å². The lowest BCUT2D eigenvalue weighted by molar-refractivity contribution is -0.0622. The first-order valence-corrected chi connectivity index (χ1v) is 4.97. The summed E-state index contributed by atoms with van der Waals surface area (Å²) in [6.07, 6.45) is 0. The summed E-state index contributed by atoms with van der Waals surface area (Å²) < 4.78 is 4.99. The van der Waals surface area contributed by atoms with E-state index in [9.17, 15) is 10.0 Å². The van der Waals surface area contributed by atoms with Crippen molar-refractivity contribution in [2.24, 2.45) is 0 Å². The molecule has 1 aromatic carbocycles. The standard InChI is InChI=1S/C11H16N2O3/c1-8(2)13(15)11(14)12-9-4-6-10(16-3)7-5-9/h4-8,15H,1-3H3,(H,12,14). The highest BCUT2D eigenvalue weighted by molar-refractivity contribution is 5.88. The molecule has 5 nitrogen and oxygen atoms in total. The molecule has 0 aliphatic rings. The number of carbonyl (C=O) groups excluding carboxylic acids is 1. The van der Waals surface area contributed by atoms with E-state index in [1.807, 2.05) is 0 Å². The van der Waals surface area contributed by atoms with E-state index in [1.165, 1.54) is 0 Å². The number of nitrogens with zero attached hydrogens (tertiary/aromatic N) is 1. The molecule has 0 radical (unpaired) electrons. The van der Waals surface area contributed by atoms with E-state index in [-0.39, 0.29) is 6.04 Å². The number of amides is 2. The van der Waals surface area contributed by atoms with Gasteiger partial charge in [0, 0.05) is 5.69 Å². The van der Waals surface area contributed by atoms with Crippen LogP contribution in [0.2, 0.25) is 0 Å². The van der Waals surface area contributed by atoms with Gasteiger partial charge in [-0.1, -0.05) is 0 Å². The number of ether oxygens (including phenoxy) is 1. The molecule has 0 fully saturated rings. The average Bonchev–Trinajstić information content (AvgIpc) is 2.28. The minimum atomic E-state index is -0.555. The molecule has 5 heteroatoms. The molecule has 0 aromatic heterocycles. The number of anilines is 1. The second-order valence-corrected chi connectivity index (χ2v) is 3.60. The van der Waals surface area contributed by atoms with Crippen molar-refractivity contribution < 1.29 is 14.7 Å². The van der Waals surface area contributed by atoms with Crippen LogP contribution in [0.3, 0.4) is 0 Å². The van der Waals surface area contributed by atoms with E-state index in [2.05, 4.69) is 5.32 Å². The van der Waals surface area contributed by atoms with Crippen LogP contribution < -0.4 is 10.1 Å². The van der Waals surface area contributed by atoms with Gasteiger partial charge in [0.15, 0.2) is 0 Å². The van der Waals surface area contributed by atoms with Crippen molar-refractivity contribution in [3.63, 3.8) is 0 Å². The molecular formula is C11H16N2O3. The molecule has 1 aromatic rings. The summed E-state index contributed by atoms with van der Waals surface area (Å²) in [5.41, 5.74) is 0.602. The fourth-order valence-electron chi connectivity index (χ4n) is 1.09. The highest BCUT2D eigenvalue weighted by atomic mass is 16.5. The maximum Gasteiger partial charge on any atom is 0.345 e. The van der Waals surface area contributed by atoms with E-state index in [0.717, 1.165) is 0 Å². The second-order valence-electron chi connectivity index (χ2n) is 3.60. The number of hydroxylamine groups is 2. The average molecular weight is 224 g/mol. The van der Waals surface area contributed by atoms with Crippen LogP contribution in [0, 0.1) is 0 Å². The van der Waals surface area contributed by atoms with Gasteiger partial charge in [0.1, 0.15) is 5.75 Å². The molecule has 0 aliphatic heterocycles. The van der Waals surface area contributed by atoms with Crippen LogP contribution in [0.1, 0.15) is 13.8 Å². The first kappa shape index (κ1) is 12.3. The highest BCUT2D eigenvalue weighted by Gasteiger charge is 2.13. The Bertz CT molecular complexity index is 349. The Balaban J connectivity index is 2.62. The third kappa shape index (κ3) is 3.13. The minimum Gasteiger partial charge on any atom is -0.497 e. The molecular weight excluding hydrogens is 208 g/mol. The third-order valence-electron chi connectivity index (χ3n) is 2.04. The highest BCUT2D eigenvalue weighted by Crippen LogP contribution is 2.15. The Morgan fingerprint density at radius 3 is 2.38 bits per heavy atom. The molecule has 0 spiro atoms. The van der Waals surface area contributed by atoms with E-state index < -0.39 is 6.03 Å². The third-order valence-corrected chi connectivity index (χ3v) is 2.04. The first-order chi connectivity index (χ1) is 7.54. The van der Waals surface area contributed by atoms with Gasteiger partial charge in [-0.25, -0.2) is 9.86 Å². The maximum absolute atomic E-state index is 11.4. The normalized spacial score (nSPS) is 10.1. The van der Waals surface area contributed by atoms with Gasteiger partial charge in [-0.15, -0.1) is 0 Å². The minimum absolute atomic E-state index is 0.266. The molecule has 0 heterocycles. The van der Waals surface area contributed by atoms with Crippen LogP contribution in [-0.4, -0.2) is 29.5 Å². The topological polar surface area (TPSA) is 61.8 Å². The number of urea groups is 1. The molecule has 1 rings (SSSR count). The molecule has 0 saturated carbocycles. The van der Waals surface area contributed by atoms with Gasteiger partial charge in [0.2, 0.25) is 0 Å². The smallest absolute Gasteiger partial charge is 0.345 e. The van der Waals surface area contributed by atoms with E-state index in [1.54, 1.807) is 45.2 Å². The predicted octanol–water partition coefficient (Wildman–Crippen LogP) is 2.33. The quantitative estimate of drug-likeness (QED) is 0.611. The number of hydrogen-bond donors (Lipinski definition) is 2. The Labute approximate surface area is 94.6 Å². The van der Waals surface area contributed by atoms with Crippen LogP contribution in [0.5, 0.6) is 5.75 Å². The Kier molecular flexibility index (Phi) is 4.13. The lowest BCUT2D eigenvalue weighted by Crippen LogP contribution is -2.37. The van der Waals surface area contributed by atoms with Gasteiger partial charge in [-0.3, -0.25) is 5.21 Å². The monoisotopic (exact) mass is 224 g/mol. The van der Waals surface area contributed by atoms with Crippen LogP contribution in [-0.2, 0) is 0 Å². The van der Waals surface area contributed by atoms with Crippen molar-refractivity contribution in [3.8, 4) is 5.75 Å². The SMILES string of the molecule is COc1ccc(NC(=O)N(O)C(C)C)cc1. The number of carbonyl (C=O) groups is 1. The number of hydrogen-bond acceptors (Lipinski definition) is 3. The van der Waals surface area contributed by atoms with Gasteiger partial charge < -0.3 is 10.1 Å². The summed E-state index contributed by atoms with van der Waals surface area (Å²) in [7, 11) is 1.57. The van der Waals surface area contributed by atoms with E-state index in [0.29, 0.717) is 16.5 Å². The molecule has 0 aliphatic carbocycles. The van der Waals surface area contributed by atoms with Gasteiger partial charge in [-0.2, -0.15) is 0 Å². The van der Waals surface area contributed by atoms with Crippen molar-refractivity contribution in [1.82, 2.24) is 5.06 Å². The summed E-state index contributed by atoms with van der Waals surface area (Å²) in [6.45, 7) is 3.43. The molecule has 2 N–H and O–H groups in total. The van der Waals surface area contributed by atoms with E-state index in [4.69, 9.17) is 4.74 Å². The second kappa shape index (κ2) is 5.37. The lowest BCUT2D eigenvalue weighted by Gasteiger charge is -2.19. The number of rotatable bonds is 3. The van der Waals surface area contributed by atoms with Crippen LogP contribution in [0.4, 0.5) is 10.5 Å². The number of benzene rings is 1. The zero-order valence-electron chi connectivity index (χ0n) is 9.60. The zero-order valence-corrected chi connectivity index (χ0v) is 9.60. The first-order valence-electron chi connectivity index (χ1n) is 4.97. The summed E-state index contributed by atoms with van der Waals surface area (Å²) in [4.78, 5) is 11.4. The molecule has 0 bridgehead atoms.